The minimum atomic E-state index is 0.692. The van der Waals surface area contributed by atoms with Gasteiger partial charge in [0.2, 0.25) is 0 Å². The molecule has 8 heteroatoms. The number of fused-ring (bicyclic) bond motifs is 6. The molecule has 0 atom stereocenters. The first-order valence-corrected chi connectivity index (χ1v) is 36.9. The van der Waals surface area contributed by atoms with Gasteiger partial charge in [0.1, 0.15) is 22.7 Å². The van der Waals surface area contributed by atoms with Gasteiger partial charge in [-0.2, -0.15) is 0 Å². The van der Waals surface area contributed by atoms with Crippen LogP contribution in [0.2, 0.25) is 0 Å². The van der Waals surface area contributed by atoms with Gasteiger partial charge in [-0.1, -0.05) is 358 Å². The third kappa shape index (κ3) is 12.9. The van der Waals surface area contributed by atoms with E-state index in [0.29, 0.717) is 11.6 Å². The molecular formula is C102H66N6O2. The van der Waals surface area contributed by atoms with Crippen LogP contribution in [-0.2, 0) is 0 Å². The Hall–Kier alpha value is -14.9. The lowest BCUT2D eigenvalue weighted by Gasteiger charge is -2.12. The maximum atomic E-state index is 7.05. The molecule has 0 saturated heterocycles. The maximum absolute atomic E-state index is 7.05. The Bertz CT molecular complexity index is 6570. The highest BCUT2D eigenvalue weighted by molar-refractivity contribution is 6.19. The number of aromatic nitrogens is 6. The van der Waals surface area contributed by atoms with Crippen molar-refractivity contribution in [3.8, 4) is 157 Å². The van der Waals surface area contributed by atoms with Crippen LogP contribution in [-0.4, -0.2) is 29.9 Å². The van der Waals surface area contributed by atoms with Crippen LogP contribution in [0.25, 0.3) is 201 Å². The average Bonchev–Trinajstić information content (AvgIpc) is 1.51. The van der Waals surface area contributed by atoms with Gasteiger partial charge in [-0.05, 0) is 75.8 Å². The highest BCUT2D eigenvalue weighted by Gasteiger charge is 2.27. The number of nitrogens with zero attached hydrogens (tertiary/aromatic N) is 6. The van der Waals surface area contributed by atoms with E-state index in [1.54, 1.807) is 0 Å². The van der Waals surface area contributed by atoms with Crippen molar-refractivity contribution in [2.45, 2.75) is 0 Å². The molecule has 0 fully saturated rings. The molecule has 0 unspecified atom stereocenters. The summed E-state index contributed by atoms with van der Waals surface area (Å²) in [6.07, 6.45) is 0. The van der Waals surface area contributed by atoms with Gasteiger partial charge in [0, 0.05) is 77.5 Å². The van der Waals surface area contributed by atoms with E-state index >= 15 is 0 Å². The van der Waals surface area contributed by atoms with E-state index in [1.165, 1.54) is 0 Å². The zero-order valence-electron chi connectivity index (χ0n) is 59.6. The van der Waals surface area contributed by atoms with Crippen molar-refractivity contribution in [2.75, 3.05) is 0 Å². The van der Waals surface area contributed by atoms with Crippen LogP contribution in [0.3, 0.4) is 0 Å². The summed E-state index contributed by atoms with van der Waals surface area (Å²) in [6.45, 7) is 0. The second-order valence-corrected chi connectivity index (χ2v) is 27.1. The van der Waals surface area contributed by atoms with Crippen LogP contribution < -0.4 is 0 Å². The molecule has 110 heavy (non-hydrogen) atoms. The van der Waals surface area contributed by atoms with E-state index in [2.05, 4.69) is 291 Å². The summed E-state index contributed by atoms with van der Waals surface area (Å²) in [5, 5.41) is 3.92. The third-order valence-electron chi connectivity index (χ3n) is 20.2. The summed E-state index contributed by atoms with van der Waals surface area (Å²) >= 11 is 0. The van der Waals surface area contributed by atoms with Gasteiger partial charge in [0.15, 0.2) is 11.6 Å². The number of furan rings is 2. The van der Waals surface area contributed by atoms with Gasteiger partial charge in [0.05, 0.1) is 56.0 Å². The zero-order chi connectivity index (χ0) is 73.1. The second-order valence-electron chi connectivity index (χ2n) is 27.1. The largest absolute Gasteiger partial charge is 0.455 e. The molecule has 0 bridgehead atoms. The predicted molar refractivity (Wildman–Crippen MR) is 450 cm³/mol. The van der Waals surface area contributed by atoms with Crippen LogP contribution in [0, 0.1) is 0 Å². The molecule has 0 N–H and O–H groups in total. The molecule has 8 nitrogen and oxygen atoms in total. The minimum Gasteiger partial charge on any atom is -0.455 e. The monoisotopic (exact) mass is 1410 g/mol. The number of hydrogen-bond acceptors (Lipinski definition) is 8. The minimum absolute atomic E-state index is 0.692. The van der Waals surface area contributed by atoms with Gasteiger partial charge in [0.25, 0.3) is 0 Å². The van der Waals surface area contributed by atoms with Crippen molar-refractivity contribution in [3.63, 3.8) is 0 Å². The Kier molecular flexibility index (Phi) is 17.5. The van der Waals surface area contributed by atoms with E-state index in [4.69, 9.17) is 38.7 Å². The molecule has 516 valence electrons. The molecule has 6 heterocycles. The first-order chi connectivity index (χ1) is 54.5. The predicted octanol–water partition coefficient (Wildman–Crippen LogP) is 26.9. The SMILES string of the molecule is c1ccc(-c2cc(-c3ccc(-c4ccc5nc(-c6ccccc6)c6c(-c7ccccc7)c(-c7ccccc7)oc6c5c4)cc3)nc(-c3ccccc3)n2)cc1.c1ccc(-c2cc(-c3cccc(-c4ccc5nc(-c6ccccc6)c6c(-c7ccccc7)c(-c7ccccc7)oc6c5c4)c3)nc(-c3ccccc3)n2)cc1. The fourth-order valence-corrected chi connectivity index (χ4v) is 14.8. The Balaban J connectivity index is 0.000000149. The summed E-state index contributed by atoms with van der Waals surface area (Å²) < 4.78 is 14.1. The van der Waals surface area contributed by atoms with Crippen molar-refractivity contribution < 1.29 is 8.83 Å². The first kappa shape index (κ1) is 65.9. The number of hydrogen-bond donors (Lipinski definition) is 0. The number of pyridine rings is 2. The van der Waals surface area contributed by atoms with Gasteiger partial charge < -0.3 is 8.83 Å². The molecule has 0 aliphatic rings. The van der Waals surface area contributed by atoms with Crippen molar-refractivity contribution in [2.24, 2.45) is 0 Å². The first-order valence-electron chi connectivity index (χ1n) is 36.9. The van der Waals surface area contributed by atoms with E-state index in [0.717, 1.165) is 190 Å². The lowest BCUT2D eigenvalue weighted by molar-refractivity contribution is 0.635. The summed E-state index contributed by atoms with van der Waals surface area (Å²) in [5.41, 5.74) is 27.4. The fourth-order valence-electron chi connectivity index (χ4n) is 14.8. The van der Waals surface area contributed by atoms with Gasteiger partial charge in [-0.25, -0.2) is 29.9 Å². The summed E-state index contributed by atoms with van der Waals surface area (Å²) in [4.78, 5) is 30.8. The quantitative estimate of drug-likeness (QED) is 0.106. The molecule has 20 aromatic rings. The molecule has 0 saturated carbocycles. The Morgan fingerprint density at radius 3 is 0.809 bits per heavy atom. The molecule has 20 rings (SSSR count). The highest BCUT2D eigenvalue weighted by Crippen LogP contribution is 2.50. The second kappa shape index (κ2) is 29.2. The maximum Gasteiger partial charge on any atom is 0.160 e. The summed E-state index contributed by atoms with van der Waals surface area (Å²) in [5.74, 6) is 3.05. The summed E-state index contributed by atoms with van der Waals surface area (Å²) in [6, 6.07) is 138. The van der Waals surface area contributed by atoms with Crippen molar-refractivity contribution in [1.29, 1.82) is 0 Å². The van der Waals surface area contributed by atoms with Crippen molar-refractivity contribution in [3.05, 3.63) is 400 Å². The van der Waals surface area contributed by atoms with Gasteiger partial charge in [-0.15, -0.1) is 0 Å². The van der Waals surface area contributed by atoms with Crippen molar-refractivity contribution in [1.82, 2.24) is 29.9 Å². The number of rotatable bonds is 14. The van der Waals surface area contributed by atoms with Gasteiger partial charge >= 0.3 is 0 Å². The van der Waals surface area contributed by atoms with E-state index in [-0.39, 0.29) is 0 Å². The van der Waals surface area contributed by atoms with Crippen LogP contribution in [0.1, 0.15) is 0 Å². The van der Waals surface area contributed by atoms with E-state index in [9.17, 15) is 0 Å². The smallest absolute Gasteiger partial charge is 0.160 e. The molecule has 6 aromatic heterocycles. The van der Waals surface area contributed by atoms with E-state index < -0.39 is 0 Å². The Morgan fingerprint density at radius 1 is 0.173 bits per heavy atom. The molecule has 0 amide bonds. The number of benzene rings is 14. The highest BCUT2D eigenvalue weighted by atomic mass is 16.3. The fraction of sp³-hybridized carbons (Fsp3) is 0. The van der Waals surface area contributed by atoms with Gasteiger partial charge in [-0.3, -0.25) is 0 Å². The van der Waals surface area contributed by atoms with E-state index in [1.807, 2.05) is 109 Å². The van der Waals surface area contributed by atoms with Crippen LogP contribution in [0.15, 0.2) is 409 Å². The molecule has 0 radical (unpaired) electrons. The lowest BCUT2D eigenvalue weighted by atomic mass is 9.94. The van der Waals surface area contributed by atoms with Crippen molar-refractivity contribution >= 4 is 43.7 Å². The molecular weight excluding hydrogens is 1340 g/mol. The third-order valence-corrected chi connectivity index (χ3v) is 20.2. The molecule has 0 aliphatic heterocycles. The Labute approximate surface area is 636 Å². The molecule has 14 aromatic carbocycles. The molecule has 0 spiro atoms. The standard InChI is InChI=1S/2C51H33N3O/c1-6-17-34(18-7-1)44-33-45(54-51(53-44)38-25-14-5-15-26-38)41-28-16-27-39(31-41)40-29-30-43-42(32-40)50-47(48(52-43)36-21-10-3-11-22-36)46(35-19-8-2-9-20-35)49(55-50)37-23-12-4-13-24-37;1-6-16-35(17-7-1)44-33-45(54-51(53-44)40-24-14-5-15-25-40)36-28-26-34(27-29-36)41-30-31-43-42(32-41)50-47(48(52-43)38-20-10-3-11-21-38)46(37-18-8-2-9-19-37)49(55-50)39-22-12-4-13-23-39/h2*1-33H. The normalized spacial score (nSPS) is 11.3. The lowest BCUT2D eigenvalue weighted by Crippen LogP contribution is -1.96. The topological polar surface area (TPSA) is 104 Å². The zero-order valence-corrected chi connectivity index (χ0v) is 59.6. The van der Waals surface area contributed by atoms with Crippen LogP contribution in [0.4, 0.5) is 0 Å². The summed E-state index contributed by atoms with van der Waals surface area (Å²) in [7, 11) is 0. The average molecular weight is 1410 g/mol. The Morgan fingerprint density at radius 2 is 0.436 bits per heavy atom. The van der Waals surface area contributed by atoms with Crippen LogP contribution >= 0.6 is 0 Å². The molecule has 0 aliphatic carbocycles. The van der Waals surface area contributed by atoms with Crippen LogP contribution in [0.5, 0.6) is 0 Å².